The molecule has 0 spiro atoms. The Morgan fingerprint density at radius 1 is 1.03 bits per heavy atom. The molecule has 2 N–H and O–H groups in total. The van der Waals surface area contributed by atoms with Gasteiger partial charge in [-0.25, -0.2) is 9.37 Å². The van der Waals surface area contributed by atoms with Crippen LogP contribution < -0.4 is 15.4 Å². The minimum atomic E-state index is -0.415. The number of rotatable bonds is 6. The van der Waals surface area contributed by atoms with Gasteiger partial charge in [-0.1, -0.05) is 24.3 Å². The summed E-state index contributed by atoms with van der Waals surface area (Å²) in [6, 6.07) is 10.8. The number of imidazole rings is 1. The molecule has 2 bridgehead atoms. The molecule has 10 heteroatoms. The van der Waals surface area contributed by atoms with Gasteiger partial charge in [0, 0.05) is 44.0 Å². The zero-order valence-electron chi connectivity index (χ0n) is 19.7. The van der Waals surface area contributed by atoms with Gasteiger partial charge in [-0.05, 0) is 24.1 Å². The predicted molar refractivity (Wildman–Crippen MR) is 129 cm³/mol. The van der Waals surface area contributed by atoms with Gasteiger partial charge in [-0.2, -0.15) is 9.97 Å². The van der Waals surface area contributed by atoms with Gasteiger partial charge in [0.05, 0.1) is 31.7 Å². The zero-order valence-corrected chi connectivity index (χ0v) is 19.7. The van der Waals surface area contributed by atoms with Gasteiger partial charge in [0.2, 0.25) is 0 Å². The maximum atomic E-state index is 14.0. The van der Waals surface area contributed by atoms with Crippen LogP contribution in [0.4, 0.5) is 4.39 Å². The van der Waals surface area contributed by atoms with Crippen molar-refractivity contribution in [2.75, 3.05) is 26.7 Å². The number of fused-ring (bicyclic) bond motifs is 4. The molecule has 35 heavy (non-hydrogen) atoms. The van der Waals surface area contributed by atoms with Gasteiger partial charge in [0.25, 0.3) is 0 Å². The topological polar surface area (TPSA) is 93.0 Å². The van der Waals surface area contributed by atoms with E-state index in [1.165, 1.54) is 24.9 Å². The van der Waals surface area contributed by atoms with E-state index in [1.807, 2.05) is 11.5 Å². The summed E-state index contributed by atoms with van der Waals surface area (Å²) in [4.78, 5) is 20.2. The van der Waals surface area contributed by atoms with Crippen LogP contribution in [-0.4, -0.2) is 68.4 Å². The lowest BCUT2D eigenvalue weighted by molar-refractivity contribution is 0.0558. The van der Waals surface area contributed by atoms with Crippen molar-refractivity contribution in [2.45, 2.75) is 32.2 Å². The number of hydrogen-bond donors (Lipinski definition) is 2. The number of methoxy groups -OCH3 is 1. The monoisotopic (exact) mass is 474 g/mol. The van der Waals surface area contributed by atoms with E-state index < -0.39 is 5.82 Å². The standard InChI is InChI=1S/C25H27FN8O/c1-15-22-24(32-25(30-15)35-2)34(23(31-22)18-7-19(26)9-27-8-18)13-17-5-3-16(4-6-17)12-33-14-20-10-29-21(33)11-28-20/h3-9,20-21,28-29H,10-14H2,1-2H3. The summed E-state index contributed by atoms with van der Waals surface area (Å²) in [6.07, 6.45) is 3.18. The van der Waals surface area contributed by atoms with E-state index in [0.717, 1.165) is 31.7 Å². The Kier molecular flexibility index (Phi) is 5.63. The minimum Gasteiger partial charge on any atom is -0.467 e. The molecule has 180 valence electrons. The number of piperazine rings is 2. The highest BCUT2D eigenvalue weighted by Gasteiger charge is 2.32. The third-order valence-corrected chi connectivity index (χ3v) is 6.74. The molecule has 3 fully saturated rings. The van der Waals surface area contributed by atoms with Crippen LogP contribution in [0.3, 0.4) is 0 Å². The molecule has 3 aromatic heterocycles. The first-order chi connectivity index (χ1) is 17.1. The van der Waals surface area contributed by atoms with Crippen LogP contribution in [0.2, 0.25) is 0 Å². The van der Waals surface area contributed by atoms with E-state index in [0.29, 0.717) is 47.0 Å². The number of benzene rings is 1. The van der Waals surface area contributed by atoms with Crippen molar-refractivity contribution >= 4 is 11.2 Å². The van der Waals surface area contributed by atoms with Gasteiger partial charge in [-0.15, -0.1) is 0 Å². The number of halogens is 1. The Hall–Kier alpha value is -3.47. The van der Waals surface area contributed by atoms with E-state index in [2.05, 4.69) is 54.8 Å². The van der Waals surface area contributed by atoms with Crippen LogP contribution in [0.25, 0.3) is 22.6 Å². The molecule has 0 aliphatic carbocycles. The van der Waals surface area contributed by atoms with Crippen LogP contribution in [0, 0.1) is 12.7 Å². The molecule has 7 rings (SSSR count). The fourth-order valence-corrected chi connectivity index (χ4v) is 4.95. The SMILES string of the molecule is COc1nc(C)c2nc(-c3cncc(F)c3)n(Cc3ccc(CN4CC5CNC4CN5)cc3)c2n1. The molecule has 1 aromatic carbocycles. The first-order valence-corrected chi connectivity index (χ1v) is 11.8. The number of ether oxygens (including phenoxy) is 1. The molecular weight excluding hydrogens is 447 g/mol. The average molecular weight is 475 g/mol. The van der Waals surface area contributed by atoms with Crippen molar-refractivity contribution in [3.8, 4) is 17.4 Å². The number of nitrogens with one attached hydrogen (secondary N) is 2. The molecule has 2 unspecified atom stereocenters. The summed E-state index contributed by atoms with van der Waals surface area (Å²) in [5, 5.41) is 7.14. The summed E-state index contributed by atoms with van der Waals surface area (Å²) in [6.45, 7) is 6.38. The van der Waals surface area contributed by atoms with Crippen molar-refractivity contribution in [3.05, 3.63) is 65.4 Å². The largest absolute Gasteiger partial charge is 0.467 e. The van der Waals surface area contributed by atoms with E-state index in [4.69, 9.17) is 9.72 Å². The Morgan fingerprint density at radius 3 is 2.49 bits per heavy atom. The van der Waals surface area contributed by atoms with Gasteiger partial charge in [-0.3, -0.25) is 15.2 Å². The Bertz CT molecular complexity index is 1360. The Labute approximate surface area is 202 Å². The highest BCUT2D eigenvalue weighted by atomic mass is 19.1. The Morgan fingerprint density at radius 2 is 1.83 bits per heavy atom. The van der Waals surface area contributed by atoms with Crippen LogP contribution >= 0.6 is 0 Å². The van der Waals surface area contributed by atoms with Gasteiger partial charge in [0.1, 0.15) is 17.2 Å². The molecule has 6 heterocycles. The lowest BCUT2D eigenvalue weighted by Gasteiger charge is -2.46. The van der Waals surface area contributed by atoms with Gasteiger partial charge < -0.3 is 14.6 Å². The molecule has 0 radical (unpaired) electrons. The minimum absolute atomic E-state index is 0.273. The first-order valence-electron chi connectivity index (χ1n) is 11.8. The number of hydrogen-bond acceptors (Lipinski definition) is 8. The lowest BCUT2D eigenvalue weighted by Crippen LogP contribution is -2.69. The molecule has 3 aliphatic rings. The van der Waals surface area contributed by atoms with Crippen molar-refractivity contribution in [1.82, 2.24) is 40.0 Å². The van der Waals surface area contributed by atoms with E-state index in [9.17, 15) is 4.39 Å². The highest BCUT2D eigenvalue weighted by Crippen LogP contribution is 2.27. The summed E-state index contributed by atoms with van der Waals surface area (Å²) in [5.41, 5.74) is 4.94. The van der Waals surface area contributed by atoms with Crippen LogP contribution in [0.1, 0.15) is 16.8 Å². The summed E-state index contributed by atoms with van der Waals surface area (Å²) >= 11 is 0. The van der Waals surface area contributed by atoms with E-state index in [-0.39, 0.29) is 6.01 Å². The van der Waals surface area contributed by atoms with E-state index >= 15 is 0 Å². The predicted octanol–water partition coefficient (Wildman–Crippen LogP) is 2.10. The normalized spacial score (nSPS) is 20.0. The zero-order chi connectivity index (χ0) is 23.9. The fraction of sp³-hybridized carbons (Fsp3) is 0.360. The third-order valence-electron chi connectivity index (χ3n) is 6.74. The summed E-state index contributed by atoms with van der Waals surface area (Å²) in [5.74, 6) is 0.173. The molecule has 0 saturated carbocycles. The maximum absolute atomic E-state index is 14.0. The van der Waals surface area contributed by atoms with Gasteiger partial charge in [0.15, 0.2) is 5.65 Å². The molecule has 2 atom stereocenters. The molecular formula is C25H27FN8O. The van der Waals surface area contributed by atoms with Gasteiger partial charge >= 0.3 is 6.01 Å². The second-order valence-electron chi connectivity index (χ2n) is 9.16. The van der Waals surface area contributed by atoms with Crippen LogP contribution in [0.5, 0.6) is 6.01 Å². The average Bonchev–Trinajstić information content (AvgIpc) is 3.24. The molecule has 3 saturated heterocycles. The number of pyridine rings is 1. The highest BCUT2D eigenvalue weighted by molar-refractivity contribution is 5.79. The summed E-state index contributed by atoms with van der Waals surface area (Å²) < 4.78 is 21.3. The second kappa shape index (κ2) is 8.95. The fourth-order valence-electron chi connectivity index (χ4n) is 4.95. The van der Waals surface area contributed by atoms with Crippen molar-refractivity contribution in [1.29, 1.82) is 0 Å². The van der Waals surface area contributed by atoms with Crippen molar-refractivity contribution < 1.29 is 9.13 Å². The number of aromatic nitrogens is 5. The first kappa shape index (κ1) is 22.0. The summed E-state index contributed by atoms with van der Waals surface area (Å²) in [7, 11) is 1.54. The quantitative estimate of drug-likeness (QED) is 0.439. The van der Waals surface area contributed by atoms with Crippen molar-refractivity contribution in [2.24, 2.45) is 0 Å². The number of nitrogens with zero attached hydrogens (tertiary/aromatic N) is 6. The lowest BCUT2D eigenvalue weighted by atomic mass is 10.1. The smallest absolute Gasteiger partial charge is 0.318 e. The van der Waals surface area contributed by atoms with Crippen LogP contribution in [0.15, 0.2) is 42.7 Å². The third kappa shape index (κ3) is 4.24. The Balaban J connectivity index is 1.32. The molecule has 4 aromatic rings. The molecule has 0 amide bonds. The maximum Gasteiger partial charge on any atom is 0.318 e. The van der Waals surface area contributed by atoms with Crippen molar-refractivity contribution in [3.63, 3.8) is 0 Å². The molecule has 3 aliphatic heterocycles. The number of aryl methyl sites for hydroxylation is 1. The van der Waals surface area contributed by atoms with Crippen LogP contribution in [-0.2, 0) is 13.1 Å². The second-order valence-corrected chi connectivity index (χ2v) is 9.16. The molecule has 9 nitrogen and oxygen atoms in total. The van der Waals surface area contributed by atoms with E-state index in [1.54, 1.807) is 6.20 Å².